The molecule has 132 valence electrons. The van der Waals surface area contributed by atoms with E-state index >= 15 is 0 Å². The second-order valence-electron chi connectivity index (χ2n) is 4.78. The lowest BCUT2D eigenvalue weighted by Crippen LogP contribution is -2.23. The molecule has 0 aromatic carbocycles. The van der Waals surface area contributed by atoms with Gasteiger partial charge in [-0.1, -0.05) is 6.92 Å². The highest BCUT2D eigenvalue weighted by atomic mass is 16.5. The number of furan rings is 1. The Morgan fingerprint density at radius 1 is 1.12 bits per heavy atom. The van der Waals surface area contributed by atoms with E-state index in [1.807, 2.05) is 0 Å². The van der Waals surface area contributed by atoms with Gasteiger partial charge >= 0.3 is 11.9 Å². The Labute approximate surface area is 138 Å². The van der Waals surface area contributed by atoms with Crippen molar-refractivity contribution >= 4 is 29.6 Å². The summed E-state index contributed by atoms with van der Waals surface area (Å²) in [7, 11) is 0. The molecule has 0 unspecified atom stereocenters. The van der Waals surface area contributed by atoms with Crippen LogP contribution in [0.2, 0.25) is 0 Å². The Balaban J connectivity index is 2.94. The summed E-state index contributed by atoms with van der Waals surface area (Å²) in [5.74, 6) is -3.23. The van der Waals surface area contributed by atoms with Crippen LogP contribution in [0.3, 0.4) is 0 Å². The van der Waals surface area contributed by atoms with E-state index in [1.54, 1.807) is 13.8 Å². The smallest absolute Gasteiger partial charge is 0.342 e. The Morgan fingerprint density at radius 3 is 2.33 bits per heavy atom. The molecule has 0 aliphatic carbocycles. The van der Waals surface area contributed by atoms with Crippen LogP contribution in [-0.4, -0.2) is 37.0 Å². The van der Waals surface area contributed by atoms with Crippen molar-refractivity contribution in [2.45, 2.75) is 33.6 Å². The number of nitrogens with one attached hydrogen (secondary N) is 1. The van der Waals surface area contributed by atoms with Crippen LogP contribution in [0.15, 0.2) is 4.42 Å². The topological polar surface area (TPSA) is 138 Å². The molecule has 24 heavy (non-hydrogen) atoms. The first-order valence-corrected chi connectivity index (χ1v) is 7.37. The molecule has 2 amide bonds. The third kappa shape index (κ3) is 4.83. The van der Waals surface area contributed by atoms with Gasteiger partial charge in [-0.05, 0) is 20.3 Å². The van der Waals surface area contributed by atoms with Crippen LogP contribution in [-0.2, 0) is 19.1 Å². The number of rotatable bonds is 8. The van der Waals surface area contributed by atoms with Crippen molar-refractivity contribution in [3.05, 3.63) is 16.9 Å². The molecule has 0 saturated carbocycles. The molecule has 0 fully saturated rings. The molecule has 1 aromatic rings. The maximum Gasteiger partial charge on any atom is 0.342 e. The number of anilines is 1. The van der Waals surface area contributed by atoms with Gasteiger partial charge < -0.3 is 19.6 Å². The number of aryl methyl sites for hydroxylation is 1. The number of ether oxygens (including phenoxy) is 2. The van der Waals surface area contributed by atoms with Crippen molar-refractivity contribution in [2.24, 2.45) is 5.73 Å². The third-order valence-corrected chi connectivity index (χ3v) is 2.88. The molecular formula is C15H20N2O7. The molecule has 9 heteroatoms. The molecule has 0 bridgehead atoms. The minimum atomic E-state index is -0.965. The zero-order valence-electron chi connectivity index (χ0n) is 13.8. The average molecular weight is 340 g/mol. The molecule has 0 radical (unpaired) electrons. The molecule has 0 saturated heterocycles. The molecule has 9 nitrogen and oxygen atoms in total. The van der Waals surface area contributed by atoms with Gasteiger partial charge in [-0.2, -0.15) is 0 Å². The minimum Gasteiger partial charge on any atom is -0.462 e. The van der Waals surface area contributed by atoms with Crippen LogP contribution in [0.1, 0.15) is 53.2 Å². The normalized spacial score (nSPS) is 10.1. The van der Waals surface area contributed by atoms with Gasteiger partial charge in [0.2, 0.25) is 5.88 Å². The fourth-order valence-electron chi connectivity index (χ4n) is 1.90. The van der Waals surface area contributed by atoms with Crippen molar-refractivity contribution in [3.8, 4) is 0 Å². The number of hydrogen-bond acceptors (Lipinski definition) is 7. The van der Waals surface area contributed by atoms with Crippen molar-refractivity contribution in [2.75, 3.05) is 18.5 Å². The van der Waals surface area contributed by atoms with Gasteiger partial charge in [0.1, 0.15) is 16.9 Å². The largest absolute Gasteiger partial charge is 0.462 e. The summed E-state index contributed by atoms with van der Waals surface area (Å²) < 4.78 is 14.8. The standard InChI is InChI=1S/C15H20N2O7/c1-4-6-10(19)23-7-9(18)17-14-12(13(16)20)11(8(3)24-14)15(21)22-5-2/h4-7H2,1-3H3,(H2,16,20)(H,17,18). The van der Waals surface area contributed by atoms with Gasteiger partial charge in [0.25, 0.3) is 11.8 Å². The second-order valence-corrected chi connectivity index (χ2v) is 4.78. The van der Waals surface area contributed by atoms with Crippen LogP contribution in [0.4, 0.5) is 5.88 Å². The SMILES string of the molecule is CCCC(=O)OCC(=O)Nc1oc(C)c(C(=O)OCC)c1C(N)=O. The molecule has 0 atom stereocenters. The maximum absolute atomic E-state index is 11.9. The van der Waals surface area contributed by atoms with Crippen LogP contribution in [0.5, 0.6) is 0 Å². The van der Waals surface area contributed by atoms with Gasteiger partial charge in [0.15, 0.2) is 6.61 Å². The second kappa shape index (κ2) is 8.70. The van der Waals surface area contributed by atoms with Crippen LogP contribution in [0.25, 0.3) is 0 Å². The number of amides is 2. The monoisotopic (exact) mass is 340 g/mol. The lowest BCUT2D eigenvalue weighted by Gasteiger charge is -2.05. The molecule has 1 aromatic heterocycles. The Hall–Kier alpha value is -2.84. The van der Waals surface area contributed by atoms with Crippen molar-refractivity contribution < 1.29 is 33.1 Å². The Bertz CT molecular complexity index is 648. The van der Waals surface area contributed by atoms with Gasteiger partial charge in [-0.15, -0.1) is 0 Å². The lowest BCUT2D eigenvalue weighted by molar-refractivity contribution is -0.147. The van der Waals surface area contributed by atoms with Crippen molar-refractivity contribution in [1.82, 2.24) is 0 Å². The van der Waals surface area contributed by atoms with Crippen molar-refractivity contribution in [1.29, 1.82) is 0 Å². The van der Waals surface area contributed by atoms with Gasteiger partial charge in [0, 0.05) is 6.42 Å². The summed E-state index contributed by atoms with van der Waals surface area (Å²) in [6.07, 6.45) is 0.777. The Kier molecular flexibility index (Phi) is 6.97. The maximum atomic E-state index is 11.9. The number of esters is 2. The molecule has 3 N–H and O–H groups in total. The highest BCUT2D eigenvalue weighted by Gasteiger charge is 2.29. The van der Waals surface area contributed by atoms with E-state index in [9.17, 15) is 19.2 Å². The van der Waals surface area contributed by atoms with Gasteiger partial charge in [0.05, 0.1) is 6.61 Å². The van der Waals surface area contributed by atoms with E-state index in [0.29, 0.717) is 6.42 Å². The number of nitrogens with two attached hydrogens (primary N) is 1. The van der Waals surface area contributed by atoms with E-state index in [-0.39, 0.29) is 35.8 Å². The van der Waals surface area contributed by atoms with Crippen LogP contribution < -0.4 is 11.1 Å². The number of primary amides is 1. The molecule has 0 spiro atoms. The highest BCUT2D eigenvalue weighted by molar-refractivity contribution is 6.10. The Morgan fingerprint density at radius 2 is 1.79 bits per heavy atom. The zero-order chi connectivity index (χ0) is 18.3. The van der Waals surface area contributed by atoms with Gasteiger partial charge in [-0.25, -0.2) is 4.79 Å². The molecule has 0 aliphatic rings. The predicted molar refractivity (Wildman–Crippen MR) is 82.4 cm³/mol. The summed E-state index contributed by atoms with van der Waals surface area (Å²) in [6.45, 7) is 4.37. The number of carbonyl (C=O) groups is 4. The van der Waals surface area contributed by atoms with Crippen LogP contribution in [0, 0.1) is 6.92 Å². The fraction of sp³-hybridized carbons (Fsp3) is 0.467. The first kappa shape index (κ1) is 19.2. The molecule has 0 aliphatic heterocycles. The first-order chi connectivity index (χ1) is 11.3. The van der Waals surface area contributed by atoms with E-state index in [2.05, 4.69) is 5.32 Å². The first-order valence-electron chi connectivity index (χ1n) is 7.37. The fourth-order valence-corrected chi connectivity index (χ4v) is 1.90. The molecule has 1 rings (SSSR count). The number of carbonyl (C=O) groups excluding carboxylic acids is 4. The van der Waals surface area contributed by atoms with E-state index in [4.69, 9.17) is 19.6 Å². The predicted octanol–water partition coefficient (Wildman–Crippen LogP) is 1.15. The minimum absolute atomic E-state index is 0.0699. The molecule has 1 heterocycles. The van der Waals surface area contributed by atoms with Crippen molar-refractivity contribution in [3.63, 3.8) is 0 Å². The van der Waals surface area contributed by atoms with E-state index in [1.165, 1.54) is 6.92 Å². The van der Waals surface area contributed by atoms with Crippen LogP contribution >= 0.6 is 0 Å². The van der Waals surface area contributed by atoms with E-state index < -0.39 is 30.4 Å². The summed E-state index contributed by atoms with van der Waals surface area (Å²) in [5.41, 5.74) is 4.81. The summed E-state index contributed by atoms with van der Waals surface area (Å²) >= 11 is 0. The third-order valence-electron chi connectivity index (χ3n) is 2.88. The van der Waals surface area contributed by atoms with Gasteiger partial charge in [-0.3, -0.25) is 19.7 Å². The molecular weight excluding hydrogens is 320 g/mol. The number of hydrogen-bond donors (Lipinski definition) is 2. The average Bonchev–Trinajstić information content (AvgIpc) is 2.82. The summed E-state index contributed by atoms with van der Waals surface area (Å²) in [5, 5.41) is 2.26. The quantitative estimate of drug-likeness (QED) is 0.677. The summed E-state index contributed by atoms with van der Waals surface area (Å²) in [6, 6.07) is 0. The summed E-state index contributed by atoms with van der Waals surface area (Å²) in [4.78, 5) is 46.5. The highest BCUT2D eigenvalue weighted by Crippen LogP contribution is 2.27. The lowest BCUT2D eigenvalue weighted by atomic mass is 10.1. The van der Waals surface area contributed by atoms with E-state index in [0.717, 1.165) is 0 Å². The zero-order valence-corrected chi connectivity index (χ0v) is 13.8.